The number of fused-ring (bicyclic) bond motifs is 1. The normalized spacial score (nSPS) is 13.6. The second-order valence-corrected chi connectivity index (χ2v) is 7.65. The Labute approximate surface area is 157 Å². The number of aromatic nitrogens is 2. The fraction of sp³-hybridized carbons (Fsp3) is 0.474. The molecule has 1 aliphatic heterocycles. The largest absolute Gasteiger partial charge is 0.338 e. The van der Waals surface area contributed by atoms with E-state index >= 15 is 0 Å². The number of anilines is 1. The lowest BCUT2D eigenvalue weighted by atomic mass is 9.98. The monoisotopic (exact) mass is 372 g/mol. The highest BCUT2D eigenvalue weighted by Gasteiger charge is 2.23. The summed E-state index contributed by atoms with van der Waals surface area (Å²) in [5.74, 6) is -0.00500. The van der Waals surface area contributed by atoms with Crippen LogP contribution in [0.25, 0.3) is 0 Å². The van der Waals surface area contributed by atoms with Crippen molar-refractivity contribution in [1.82, 2.24) is 14.5 Å². The van der Waals surface area contributed by atoms with E-state index in [0.717, 1.165) is 54.3 Å². The lowest BCUT2D eigenvalue weighted by Gasteiger charge is -2.30. The minimum atomic E-state index is -0.172. The van der Waals surface area contributed by atoms with Gasteiger partial charge in [-0.3, -0.25) is 9.59 Å². The van der Waals surface area contributed by atoms with Crippen LogP contribution in [0.1, 0.15) is 53.7 Å². The van der Waals surface area contributed by atoms with Crippen molar-refractivity contribution in [2.24, 2.45) is 5.92 Å². The molecule has 2 heterocycles. The van der Waals surface area contributed by atoms with Gasteiger partial charge in [-0.2, -0.15) is 0 Å². The maximum atomic E-state index is 12.6. The summed E-state index contributed by atoms with van der Waals surface area (Å²) in [6.45, 7) is 7.24. The van der Waals surface area contributed by atoms with Crippen molar-refractivity contribution in [3.63, 3.8) is 0 Å². The molecule has 0 bridgehead atoms. The van der Waals surface area contributed by atoms with E-state index < -0.39 is 0 Å². The van der Waals surface area contributed by atoms with E-state index in [0.29, 0.717) is 11.4 Å². The zero-order valence-electron chi connectivity index (χ0n) is 15.4. The van der Waals surface area contributed by atoms with Crippen molar-refractivity contribution in [2.45, 2.75) is 46.6 Å². The van der Waals surface area contributed by atoms with E-state index in [1.807, 2.05) is 36.9 Å². The van der Waals surface area contributed by atoms with E-state index in [1.54, 1.807) is 0 Å². The van der Waals surface area contributed by atoms with Gasteiger partial charge in [0.25, 0.3) is 5.91 Å². The number of hydrogen-bond acceptors (Lipinski definition) is 5. The van der Waals surface area contributed by atoms with Crippen LogP contribution in [0.5, 0.6) is 0 Å². The van der Waals surface area contributed by atoms with Gasteiger partial charge in [0.1, 0.15) is 4.88 Å². The molecule has 26 heavy (non-hydrogen) atoms. The van der Waals surface area contributed by atoms with Crippen LogP contribution in [0.2, 0.25) is 0 Å². The fourth-order valence-corrected chi connectivity index (χ4v) is 3.76. The number of hydrogen-bond donors (Lipinski definition) is 1. The van der Waals surface area contributed by atoms with Gasteiger partial charge in [0.2, 0.25) is 5.91 Å². The Kier molecular flexibility index (Phi) is 5.66. The Morgan fingerprint density at radius 1 is 1.31 bits per heavy atom. The van der Waals surface area contributed by atoms with Crippen LogP contribution < -0.4 is 5.32 Å². The number of rotatable bonds is 5. The second-order valence-electron chi connectivity index (χ2n) is 6.90. The molecule has 1 N–H and O–H groups in total. The average molecular weight is 372 g/mol. The Morgan fingerprint density at radius 2 is 2.12 bits per heavy atom. The van der Waals surface area contributed by atoms with Crippen molar-refractivity contribution in [2.75, 3.05) is 11.9 Å². The molecule has 0 aliphatic carbocycles. The van der Waals surface area contributed by atoms with Gasteiger partial charge in [-0.15, -0.1) is 5.10 Å². The Hall–Kier alpha value is -2.28. The zero-order chi connectivity index (χ0) is 18.7. The summed E-state index contributed by atoms with van der Waals surface area (Å²) < 4.78 is 3.91. The predicted molar refractivity (Wildman–Crippen MR) is 102 cm³/mol. The topological polar surface area (TPSA) is 75.2 Å². The highest BCUT2D eigenvalue weighted by atomic mass is 32.1. The predicted octanol–water partition coefficient (Wildman–Crippen LogP) is 3.28. The number of benzene rings is 1. The lowest BCUT2D eigenvalue weighted by Crippen LogP contribution is -2.38. The minimum Gasteiger partial charge on any atom is -0.338 e. The van der Waals surface area contributed by atoms with Gasteiger partial charge in [-0.1, -0.05) is 37.7 Å². The molecule has 0 radical (unpaired) electrons. The van der Waals surface area contributed by atoms with E-state index in [1.165, 1.54) is 5.56 Å². The van der Waals surface area contributed by atoms with Crippen LogP contribution in [-0.2, 0) is 24.2 Å². The number of nitrogens with one attached hydrogen (secondary N) is 1. The van der Waals surface area contributed by atoms with Crippen molar-refractivity contribution >= 4 is 29.0 Å². The van der Waals surface area contributed by atoms with Crippen LogP contribution in [0.3, 0.4) is 0 Å². The van der Waals surface area contributed by atoms with E-state index in [2.05, 4.69) is 21.8 Å². The molecule has 1 aromatic carbocycles. The zero-order valence-corrected chi connectivity index (χ0v) is 16.2. The number of carbonyl (C=O) groups is 2. The van der Waals surface area contributed by atoms with Crippen molar-refractivity contribution in [3.05, 3.63) is 39.9 Å². The first-order valence-corrected chi connectivity index (χ1v) is 9.80. The molecule has 2 aromatic rings. The Morgan fingerprint density at radius 3 is 2.85 bits per heavy atom. The summed E-state index contributed by atoms with van der Waals surface area (Å²) in [4.78, 5) is 27.3. The van der Waals surface area contributed by atoms with Crippen LogP contribution in [-0.4, -0.2) is 32.8 Å². The molecule has 0 atom stereocenters. The Balaban J connectivity index is 1.75. The number of aryl methyl sites for hydroxylation is 1. The molecule has 138 valence electrons. The van der Waals surface area contributed by atoms with Gasteiger partial charge in [-0.05, 0) is 47.6 Å². The van der Waals surface area contributed by atoms with Crippen molar-refractivity contribution < 1.29 is 9.59 Å². The highest BCUT2D eigenvalue weighted by Crippen LogP contribution is 2.24. The lowest BCUT2D eigenvalue weighted by molar-refractivity contribution is -0.135. The molecule has 0 unspecified atom stereocenters. The summed E-state index contributed by atoms with van der Waals surface area (Å²) in [6, 6.07) is 5.94. The first-order chi connectivity index (χ1) is 12.5. The fourth-order valence-electron chi connectivity index (χ4n) is 3.16. The van der Waals surface area contributed by atoms with Gasteiger partial charge in [0, 0.05) is 24.7 Å². The summed E-state index contributed by atoms with van der Waals surface area (Å²) in [5, 5.41) is 7.00. The van der Waals surface area contributed by atoms with Crippen LogP contribution in [0, 0.1) is 5.92 Å². The van der Waals surface area contributed by atoms with Crippen LogP contribution in [0.4, 0.5) is 5.69 Å². The van der Waals surface area contributed by atoms with Crippen LogP contribution >= 0.6 is 11.5 Å². The standard InChI is InChI=1S/C19H24N4O2S/c1-4-5-16-17(26-22-21-16)18(24)20-15-7-6-13-8-9-23(11-14(13)10-15)19(25)12(2)3/h6-7,10,12H,4-5,8-9,11H2,1-3H3,(H,20,24). The van der Waals surface area contributed by atoms with Gasteiger partial charge in [-0.25, -0.2) is 0 Å². The smallest absolute Gasteiger partial charge is 0.269 e. The number of nitrogens with zero attached hydrogens (tertiary/aromatic N) is 3. The van der Waals surface area contributed by atoms with Crippen LogP contribution in [0.15, 0.2) is 18.2 Å². The highest BCUT2D eigenvalue weighted by molar-refractivity contribution is 7.08. The third-order valence-electron chi connectivity index (χ3n) is 4.53. The molecule has 6 nitrogen and oxygen atoms in total. The molecule has 0 saturated carbocycles. The van der Waals surface area contributed by atoms with E-state index in [-0.39, 0.29) is 17.7 Å². The Bertz CT molecular complexity index is 816. The van der Waals surface area contributed by atoms with Crippen molar-refractivity contribution in [3.8, 4) is 0 Å². The first-order valence-electron chi connectivity index (χ1n) is 9.02. The SMILES string of the molecule is CCCc1nnsc1C(=O)Nc1ccc2c(c1)CN(C(=O)C(C)C)CC2. The van der Waals surface area contributed by atoms with Gasteiger partial charge < -0.3 is 10.2 Å². The molecule has 3 rings (SSSR count). The third kappa shape index (κ3) is 3.93. The molecule has 0 fully saturated rings. The molecule has 7 heteroatoms. The number of amides is 2. The van der Waals surface area contributed by atoms with E-state index in [9.17, 15) is 9.59 Å². The summed E-state index contributed by atoms with van der Waals surface area (Å²) in [7, 11) is 0. The summed E-state index contributed by atoms with van der Waals surface area (Å²) in [5.41, 5.74) is 3.83. The van der Waals surface area contributed by atoms with Gasteiger partial charge >= 0.3 is 0 Å². The van der Waals surface area contributed by atoms with Gasteiger partial charge in [0.15, 0.2) is 0 Å². The molecule has 0 saturated heterocycles. The summed E-state index contributed by atoms with van der Waals surface area (Å²) >= 11 is 1.13. The summed E-state index contributed by atoms with van der Waals surface area (Å²) in [6.07, 6.45) is 2.52. The second kappa shape index (κ2) is 7.95. The maximum absolute atomic E-state index is 12.6. The molecule has 2 amide bonds. The molecule has 0 spiro atoms. The first kappa shape index (κ1) is 18.5. The van der Waals surface area contributed by atoms with Crippen molar-refractivity contribution in [1.29, 1.82) is 0 Å². The van der Waals surface area contributed by atoms with Gasteiger partial charge in [0.05, 0.1) is 5.69 Å². The minimum absolute atomic E-state index is 0.00440. The molecular formula is C19H24N4O2S. The van der Waals surface area contributed by atoms with E-state index in [4.69, 9.17) is 0 Å². The average Bonchev–Trinajstić information content (AvgIpc) is 3.09. The number of carbonyl (C=O) groups excluding carboxylic acids is 2. The quantitative estimate of drug-likeness (QED) is 0.874. The molecular weight excluding hydrogens is 348 g/mol. The molecule has 1 aromatic heterocycles. The molecule has 1 aliphatic rings. The third-order valence-corrected chi connectivity index (χ3v) is 5.30. The maximum Gasteiger partial charge on any atom is 0.269 e.